The first-order valence-corrected chi connectivity index (χ1v) is 8.58. The third kappa shape index (κ3) is 4.69. The van der Waals surface area contributed by atoms with Crippen molar-refractivity contribution in [1.29, 1.82) is 0 Å². The van der Waals surface area contributed by atoms with E-state index in [-0.39, 0.29) is 11.9 Å². The van der Waals surface area contributed by atoms with Crippen LogP contribution in [-0.2, 0) is 4.79 Å². The van der Waals surface area contributed by atoms with Crippen LogP contribution in [0.4, 0.5) is 0 Å². The second-order valence-corrected chi connectivity index (χ2v) is 6.60. The quantitative estimate of drug-likeness (QED) is 0.878. The number of halogens is 1. The maximum atomic E-state index is 12.1. The van der Waals surface area contributed by atoms with Crippen molar-refractivity contribution in [3.8, 4) is 0 Å². The molecule has 0 bridgehead atoms. The van der Waals surface area contributed by atoms with Crippen molar-refractivity contribution in [2.45, 2.75) is 31.8 Å². The molecule has 1 aliphatic heterocycles. The lowest BCUT2D eigenvalue weighted by molar-refractivity contribution is -0.122. The Kier molecular flexibility index (Phi) is 6.20. The number of hydrogen-bond donors (Lipinski definition) is 2. The number of hydrogen-bond acceptors (Lipinski definition) is 3. The fourth-order valence-electron chi connectivity index (χ4n) is 2.34. The number of carbonyl (C=O) groups is 1. The normalized spacial score (nSPS) is 20.4. The molecule has 0 saturated carbocycles. The molecule has 1 saturated heterocycles. The van der Waals surface area contributed by atoms with Crippen LogP contribution in [0.1, 0.15) is 31.4 Å². The Bertz CT molecular complexity index is 432. The summed E-state index contributed by atoms with van der Waals surface area (Å²) in [6.45, 7) is 3.07. The van der Waals surface area contributed by atoms with Gasteiger partial charge in [-0.1, -0.05) is 30.7 Å². The van der Waals surface area contributed by atoms with Crippen molar-refractivity contribution in [3.63, 3.8) is 0 Å². The summed E-state index contributed by atoms with van der Waals surface area (Å²) >= 11 is 7.81. The van der Waals surface area contributed by atoms with Gasteiger partial charge in [-0.25, -0.2) is 0 Å². The van der Waals surface area contributed by atoms with Gasteiger partial charge in [-0.3, -0.25) is 4.79 Å². The minimum atomic E-state index is 0.0658. The maximum Gasteiger partial charge on any atom is 0.222 e. The monoisotopic (exact) mass is 312 g/mol. The van der Waals surface area contributed by atoms with E-state index in [0.29, 0.717) is 12.5 Å². The summed E-state index contributed by atoms with van der Waals surface area (Å²) in [5.41, 5.74) is 1.11. The molecule has 20 heavy (non-hydrogen) atoms. The van der Waals surface area contributed by atoms with Crippen LogP contribution in [0.5, 0.6) is 0 Å². The van der Waals surface area contributed by atoms with E-state index in [1.807, 2.05) is 36.0 Å². The molecule has 1 aromatic carbocycles. The molecule has 110 valence electrons. The molecule has 2 rings (SSSR count). The third-order valence-electron chi connectivity index (χ3n) is 3.45. The summed E-state index contributed by atoms with van der Waals surface area (Å²) in [7, 11) is 0. The van der Waals surface area contributed by atoms with Crippen molar-refractivity contribution in [2.24, 2.45) is 0 Å². The van der Waals surface area contributed by atoms with Gasteiger partial charge in [-0.2, -0.15) is 11.8 Å². The summed E-state index contributed by atoms with van der Waals surface area (Å²) in [6.07, 6.45) is 1.43. The number of amides is 1. The molecular formula is C15H21ClN2OS. The Morgan fingerprint density at radius 3 is 2.85 bits per heavy atom. The van der Waals surface area contributed by atoms with E-state index < -0.39 is 0 Å². The highest BCUT2D eigenvalue weighted by Crippen LogP contribution is 2.19. The zero-order valence-electron chi connectivity index (χ0n) is 11.7. The van der Waals surface area contributed by atoms with Gasteiger partial charge in [-0.05, 0) is 24.1 Å². The zero-order valence-corrected chi connectivity index (χ0v) is 13.3. The third-order valence-corrected chi connectivity index (χ3v) is 4.83. The van der Waals surface area contributed by atoms with Gasteiger partial charge in [0.05, 0.1) is 6.04 Å². The van der Waals surface area contributed by atoms with E-state index in [1.54, 1.807) is 0 Å². The minimum Gasteiger partial charge on any atom is -0.349 e. The Morgan fingerprint density at radius 2 is 2.25 bits per heavy atom. The Hall–Kier alpha value is -0.710. The van der Waals surface area contributed by atoms with E-state index in [1.165, 1.54) is 0 Å². The molecule has 1 fully saturated rings. The molecule has 3 nitrogen and oxygen atoms in total. The molecule has 2 atom stereocenters. The van der Waals surface area contributed by atoms with E-state index >= 15 is 0 Å². The summed E-state index contributed by atoms with van der Waals surface area (Å²) < 4.78 is 0. The summed E-state index contributed by atoms with van der Waals surface area (Å²) in [5, 5.41) is 7.23. The number of rotatable bonds is 5. The average Bonchev–Trinajstić information content (AvgIpc) is 2.47. The molecule has 0 aliphatic carbocycles. The molecule has 2 N–H and O–H groups in total. The number of thioether (sulfide) groups is 1. The molecule has 0 aromatic heterocycles. The van der Waals surface area contributed by atoms with Gasteiger partial charge in [0, 0.05) is 35.5 Å². The predicted octanol–water partition coefficient (Wildman–Crippen LogP) is 3.00. The molecule has 1 amide bonds. The van der Waals surface area contributed by atoms with Gasteiger partial charge in [0.25, 0.3) is 0 Å². The fourth-order valence-corrected chi connectivity index (χ4v) is 3.42. The van der Waals surface area contributed by atoms with Gasteiger partial charge < -0.3 is 10.6 Å². The first kappa shape index (κ1) is 15.7. The number of nitrogens with one attached hydrogen (secondary N) is 2. The second-order valence-electron chi connectivity index (χ2n) is 5.01. The number of benzene rings is 1. The SMILES string of the molecule is CCC(NC(=O)CC1CSCCN1)c1ccc(Cl)cc1. The predicted molar refractivity (Wildman–Crippen MR) is 86.4 cm³/mol. The van der Waals surface area contributed by atoms with Crippen LogP contribution in [0, 0.1) is 0 Å². The zero-order chi connectivity index (χ0) is 14.4. The highest BCUT2D eigenvalue weighted by molar-refractivity contribution is 7.99. The van der Waals surface area contributed by atoms with Gasteiger partial charge in [-0.15, -0.1) is 0 Å². The molecule has 1 aliphatic rings. The smallest absolute Gasteiger partial charge is 0.222 e. The van der Waals surface area contributed by atoms with Crippen LogP contribution >= 0.6 is 23.4 Å². The average molecular weight is 313 g/mol. The lowest BCUT2D eigenvalue weighted by Gasteiger charge is -2.24. The van der Waals surface area contributed by atoms with E-state index in [4.69, 9.17) is 11.6 Å². The second kappa shape index (κ2) is 7.91. The number of carbonyl (C=O) groups excluding carboxylic acids is 1. The van der Waals surface area contributed by atoms with Crippen molar-refractivity contribution in [1.82, 2.24) is 10.6 Å². The molecule has 0 radical (unpaired) electrons. The molecule has 0 spiro atoms. The largest absolute Gasteiger partial charge is 0.349 e. The molecule has 1 heterocycles. The summed E-state index contributed by atoms with van der Waals surface area (Å²) in [5.74, 6) is 2.28. The van der Waals surface area contributed by atoms with Gasteiger partial charge in [0.15, 0.2) is 0 Å². The van der Waals surface area contributed by atoms with E-state index in [0.717, 1.165) is 35.1 Å². The Morgan fingerprint density at radius 1 is 1.50 bits per heavy atom. The van der Waals surface area contributed by atoms with Crippen molar-refractivity contribution in [2.75, 3.05) is 18.1 Å². The summed E-state index contributed by atoms with van der Waals surface area (Å²) in [6, 6.07) is 8.06. The topological polar surface area (TPSA) is 41.1 Å². The van der Waals surface area contributed by atoms with Gasteiger partial charge in [0.1, 0.15) is 0 Å². The van der Waals surface area contributed by atoms with Gasteiger partial charge in [0.2, 0.25) is 5.91 Å². The van der Waals surface area contributed by atoms with E-state index in [9.17, 15) is 4.79 Å². The van der Waals surface area contributed by atoms with Crippen LogP contribution in [0.2, 0.25) is 5.02 Å². The minimum absolute atomic E-state index is 0.0658. The Balaban J connectivity index is 1.88. The Labute approximate surface area is 129 Å². The molecule has 5 heteroatoms. The highest BCUT2D eigenvalue weighted by Gasteiger charge is 2.19. The van der Waals surface area contributed by atoms with E-state index in [2.05, 4.69) is 17.6 Å². The fraction of sp³-hybridized carbons (Fsp3) is 0.533. The van der Waals surface area contributed by atoms with Crippen molar-refractivity contribution >= 4 is 29.3 Å². The van der Waals surface area contributed by atoms with Crippen molar-refractivity contribution < 1.29 is 4.79 Å². The molecule has 1 aromatic rings. The first-order valence-electron chi connectivity index (χ1n) is 7.05. The van der Waals surface area contributed by atoms with Crippen LogP contribution < -0.4 is 10.6 Å². The van der Waals surface area contributed by atoms with Crippen LogP contribution in [0.3, 0.4) is 0 Å². The van der Waals surface area contributed by atoms with Gasteiger partial charge >= 0.3 is 0 Å². The van der Waals surface area contributed by atoms with Crippen molar-refractivity contribution in [3.05, 3.63) is 34.9 Å². The van der Waals surface area contributed by atoms with Crippen LogP contribution in [0.25, 0.3) is 0 Å². The molecule has 2 unspecified atom stereocenters. The highest BCUT2D eigenvalue weighted by atomic mass is 35.5. The standard InChI is InChI=1S/C15H21ClN2OS/c1-2-14(11-3-5-12(16)6-4-11)18-15(19)9-13-10-20-8-7-17-13/h3-6,13-14,17H,2,7-10H2,1H3,(H,18,19). The summed E-state index contributed by atoms with van der Waals surface area (Å²) in [4.78, 5) is 12.1. The lowest BCUT2D eigenvalue weighted by Crippen LogP contribution is -2.41. The van der Waals surface area contributed by atoms with Crippen LogP contribution in [0.15, 0.2) is 24.3 Å². The first-order chi connectivity index (χ1) is 9.69. The van der Waals surface area contributed by atoms with Crippen LogP contribution in [-0.4, -0.2) is 30.0 Å². The molecular weight excluding hydrogens is 292 g/mol. The maximum absolute atomic E-state index is 12.1. The lowest BCUT2D eigenvalue weighted by atomic mass is 10.0.